The Morgan fingerprint density at radius 2 is 1.62 bits per heavy atom. The SMILES string of the molecule is CC(=O)O[C@H]1O[C@@H]([C@H]2c3cccc(O)c3C(=O)c3c(O)cc(C)cc32)[C@H](O)[C@@H](OC(=O)C=C(C)C)[C@H]1O. The fourth-order valence-corrected chi connectivity index (χ4v) is 4.94. The van der Waals surface area contributed by atoms with Crippen LogP contribution in [0.25, 0.3) is 0 Å². The predicted molar refractivity (Wildman–Crippen MR) is 128 cm³/mol. The Morgan fingerprint density at radius 3 is 2.27 bits per heavy atom. The van der Waals surface area contributed by atoms with E-state index in [4.69, 9.17) is 14.2 Å². The lowest BCUT2D eigenvalue weighted by Crippen LogP contribution is -2.61. The summed E-state index contributed by atoms with van der Waals surface area (Å²) in [5, 5.41) is 43.4. The third kappa shape index (κ3) is 4.83. The number of aliphatic hydroxyl groups excluding tert-OH is 2. The Labute approximate surface area is 212 Å². The van der Waals surface area contributed by atoms with E-state index in [9.17, 15) is 34.8 Å². The Balaban J connectivity index is 1.89. The van der Waals surface area contributed by atoms with E-state index in [-0.39, 0.29) is 33.8 Å². The van der Waals surface area contributed by atoms with Crippen LogP contribution in [0.3, 0.4) is 0 Å². The number of allylic oxidation sites excluding steroid dienone is 1. The van der Waals surface area contributed by atoms with E-state index in [1.807, 2.05) is 0 Å². The highest BCUT2D eigenvalue weighted by Gasteiger charge is 2.53. The topological polar surface area (TPSA) is 160 Å². The van der Waals surface area contributed by atoms with Crippen LogP contribution in [0, 0.1) is 6.92 Å². The number of carbonyl (C=O) groups excluding carboxylic acids is 3. The van der Waals surface area contributed by atoms with E-state index in [0.717, 1.165) is 6.92 Å². The highest BCUT2D eigenvalue weighted by atomic mass is 16.7. The molecule has 1 aliphatic heterocycles. The van der Waals surface area contributed by atoms with E-state index in [1.54, 1.807) is 32.9 Å². The molecule has 6 atom stereocenters. The van der Waals surface area contributed by atoms with Crippen molar-refractivity contribution in [3.05, 3.63) is 69.8 Å². The van der Waals surface area contributed by atoms with Crippen LogP contribution in [0.2, 0.25) is 0 Å². The number of aryl methyl sites for hydroxylation is 1. The number of hydrogen-bond acceptors (Lipinski definition) is 10. The summed E-state index contributed by atoms with van der Waals surface area (Å²) in [5.74, 6) is -3.91. The normalized spacial score (nSPS) is 26.5. The first-order chi connectivity index (χ1) is 17.4. The van der Waals surface area contributed by atoms with Crippen molar-refractivity contribution in [3.63, 3.8) is 0 Å². The van der Waals surface area contributed by atoms with E-state index in [2.05, 4.69) is 0 Å². The number of aliphatic hydroxyl groups is 2. The molecule has 1 heterocycles. The number of phenolic OH excluding ortho intramolecular Hbond substituents is 2. The molecule has 0 spiro atoms. The molecule has 2 aromatic rings. The average molecular weight is 513 g/mol. The molecular formula is C27H28O10. The third-order valence-electron chi connectivity index (χ3n) is 6.34. The second kappa shape index (κ2) is 9.97. The number of esters is 2. The number of fused-ring (bicyclic) bond motifs is 2. The molecule has 1 aliphatic carbocycles. The average Bonchev–Trinajstić information content (AvgIpc) is 2.78. The maximum atomic E-state index is 13.3. The zero-order valence-corrected chi connectivity index (χ0v) is 20.7. The molecule has 2 aromatic carbocycles. The summed E-state index contributed by atoms with van der Waals surface area (Å²) in [4.78, 5) is 37.5. The second-order valence-electron chi connectivity index (χ2n) is 9.48. The summed E-state index contributed by atoms with van der Waals surface area (Å²) in [6.45, 7) is 6.13. The predicted octanol–water partition coefficient (Wildman–Crippen LogP) is 1.97. The minimum absolute atomic E-state index is 0.0892. The fourth-order valence-electron chi connectivity index (χ4n) is 4.94. The Bertz CT molecular complexity index is 1290. The van der Waals surface area contributed by atoms with Gasteiger partial charge in [-0.25, -0.2) is 4.79 Å². The van der Waals surface area contributed by atoms with Gasteiger partial charge in [-0.2, -0.15) is 0 Å². The summed E-state index contributed by atoms with van der Waals surface area (Å²) in [5.41, 5.74) is 1.60. The smallest absolute Gasteiger partial charge is 0.331 e. The van der Waals surface area contributed by atoms with Crippen LogP contribution in [-0.2, 0) is 23.8 Å². The minimum atomic E-state index is -1.73. The van der Waals surface area contributed by atoms with Crippen LogP contribution in [0.5, 0.6) is 11.5 Å². The largest absolute Gasteiger partial charge is 0.507 e. The van der Waals surface area contributed by atoms with Crippen molar-refractivity contribution in [2.45, 2.75) is 64.3 Å². The summed E-state index contributed by atoms with van der Waals surface area (Å²) >= 11 is 0. The summed E-state index contributed by atoms with van der Waals surface area (Å²) in [7, 11) is 0. The number of hydrogen-bond donors (Lipinski definition) is 4. The van der Waals surface area contributed by atoms with Gasteiger partial charge in [0.1, 0.15) is 23.7 Å². The van der Waals surface area contributed by atoms with E-state index >= 15 is 0 Å². The van der Waals surface area contributed by atoms with Crippen LogP contribution in [-0.4, -0.2) is 68.9 Å². The molecule has 1 saturated heterocycles. The number of ether oxygens (including phenoxy) is 3. The van der Waals surface area contributed by atoms with E-state index in [1.165, 1.54) is 24.3 Å². The molecule has 0 unspecified atom stereocenters. The second-order valence-corrected chi connectivity index (χ2v) is 9.48. The monoisotopic (exact) mass is 512 g/mol. The van der Waals surface area contributed by atoms with Crippen molar-refractivity contribution in [3.8, 4) is 11.5 Å². The molecule has 1 fully saturated rings. The first-order valence-corrected chi connectivity index (χ1v) is 11.6. The van der Waals surface area contributed by atoms with Crippen molar-refractivity contribution in [2.24, 2.45) is 0 Å². The van der Waals surface area contributed by atoms with Crippen LogP contribution >= 0.6 is 0 Å². The number of benzene rings is 2. The minimum Gasteiger partial charge on any atom is -0.507 e. The number of aromatic hydroxyl groups is 2. The molecule has 0 aromatic heterocycles. The van der Waals surface area contributed by atoms with Gasteiger partial charge in [-0.1, -0.05) is 23.8 Å². The zero-order valence-electron chi connectivity index (χ0n) is 20.7. The first kappa shape index (κ1) is 26.3. The summed E-state index contributed by atoms with van der Waals surface area (Å²) in [6, 6.07) is 7.42. The van der Waals surface area contributed by atoms with Crippen LogP contribution < -0.4 is 0 Å². The van der Waals surface area contributed by atoms with Gasteiger partial charge in [0.2, 0.25) is 12.1 Å². The van der Waals surface area contributed by atoms with E-state index < -0.39 is 54.3 Å². The number of ketones is 1. The molecule has 0 amide bonds. The third-order valence-corrected chi connectivity index (χ3v) is 6.34. The molecular weight excluding hydrogens is 484 g/mol. The lowest BCUT2D eigenvalue weighted by atomic mass is 9.71. The fraction of sp³-hybridized carbons (Fsp3) is 0.370. The molecule has 10 nitrogen and oxygen atoms in total. The maximum Gasteiger partial charge on any atom is 0.331 e. The van der Waals surface area contributed by atoms with Gasteiger partial charge in [-0.15, -0.1) is 0 Å². The van der Waals surface area contributed by atoms with Crippen LogP contribution in [0.15, 0.2) is 42.0 Å². The number of rotatable bonds is 4. The van der Waals surface area contributed by atoms with Crippen molar-refractivity contribution < 1.29 is 49.0 Å². The molecule has 196 valence electrons. The quantitative estimate of drug-likeness (QED) is 0.352. The summed E-state index contributed by atoms with van der Waals surface area (Å²) < 4.78 is 16.4. The molecule has 0 radical (unpaired) electrons. The van der Waals surface area contributed by atoms with Gasteiger partial charge in [0.25, 0.3) is 0 Å². The van der Waals surface area contributed by atoms with Crippen molar-refractivity contribution in [1.29, 1.82) is 0 Å². The highest BCUT2D eigenvalue weighted by Crippen LogP contribution is 2.47. The molecule has 0 saturated carbocycles. The maximum absolute atomic E-state index is 13.3. The Hall–Kier alpha value is -3.73. The molecule has 2 aliphatic rings. The zero-order chi connectivity index (χ0) is 27.2. The van der Waals surface area contributed by atoms with E-state index in [0.29, 0.717) is 11.1 Å². The number of phenols is 2. The van der Waals surface area contributed by atoms with Gasteiger partial charge >= 0.3 is 11.9 Å². The summed E-state index contributed by atoms with van der Waals surface area (Å²) in [6.07, 6.45) is -6.77. The molecule has 0 bridgehead atoms. The van der Waals surface area contributed by atoms with Gasteiger partial charge < -0.3 is 34.6 Å². The van der Waals surface area contributed by atoms with Gasteiger partial charge in [-0.05, 0) is 49.6 Å². The highest BCUT2D eigenvalue weighted by molar-refractivity contribution is 6.16. The standard InChI is InChI=1S/C27H28O10/c1-11(2)8-18(31)36-26-23(33)25(37-27(24(26)34)35-13(4)28)19-14-6-5-7-16(29)20(14)22(32)21-15(19)9-12(3)10-17(21)30/h5-10,19,23-27,29-30,33-34H,1-4H3/t19-,23-,24+,25-,26+,27-/m0/s1. The van der Waals surface area contributed by atoms with Crippen molar-refractivity contribution in [2.75, 3.05) is 0 Å². The molecule has 4 rings (SSSR count). The van der Waals surface area contributed by atoms with Gasteiger partial charge in [0.05, 0.1) is 11.1 Å². The van der Waals surface area contributed by atoms with Crippen molar-refractivity contribution >= 4 is 17.7 Å². The van der Waals surface area contributed by atoms with Crippen LogP contribution in [0.1, 0.15) is 59.3 Å². The molecule has 37 heavy (non-hydrogen) atoms. The van der Waals surface area contributed by atoms with Crippen molar-refractivity contribution in [1.82, 2.24) is 0 Å². The lowest BCUT2D eigenvalue weighted by Gasteiger charge is -2.45. The lowest BCUT2D eigenvalue weighted by molar-refractivity contribution is -0.291. The molecule has 4 N–H and O–H groups in total. The van der Waals surface area contributed by atoms with Gasteiger partial charge in [0, 0.05) is 18.9 Å². The Kier molecular flexibility index (Phi) is 7.09. The number of carbonyl (C=O) groups is 3. The molecule has 10 heteroatoms. The first-order valence-electron chi connectivity index (χ1n) is 11.6. The Morgan fingerprint density at radius 1 is 0.946 bits per heavy atom. The van der Waals surface area contributed by atoms with Gasteiger partial charge in [0.15, 0.2) is 12.2 Å². The van der Waals surface area contributed by atoms with Crippen LogP contribution in [0.4, 0.5) is 0 Å². The van der Waals surface area contributed by atoms with Gasteiger partial charge in [-0.3, -0.25) is 9.59 Å².